The van der Waals surface area contributed by atoms with Crippen LogP contribution >= 0.6 is 15.9 Å². The molecule has 1 N–H and O–H groups in total. The molecule has 21 heavy (non-hydrogen) atoms. The molecule has 4 heteroatoms. The summed E-state index contributed by atoms with van der Waals surface area (Å²) in [5.41, 5.74) is 3.44. The average Bonchev–Trinajstić information content (AvgIpc) is 2.81. The molecular weight excluding hydrogens is 328 g/mol. The third-order valence-corrected chi connectivity index (χ3v) is 3.67. The fourth-order valence-corrected chi connectivity index (χ4v) is 2.49. The SMILES string of the molecule is Cc1ccc(C2=N/C(=C\c3cccc(Br)c3)C(=O)N2)cc1. The van der Waals surface area contributed by atoms with Crippen LogP contribution in [0.15, 0.2) is 63.7 Å². The maximum absolute atomic E-state index is 12.0. The van der Waals surface area contributed by atoms with Crippen molar-refractivity contribution in [3.05, 3.63) is 75.4 Å². The molecule has 0 aliphatic carbocycles. The molecule has 1 heterocycles. The molecule has 2 aromatic carbocycles. The van der Waals surface area contributed by atoms with Crippen LogP contribution in [0.5, 0.6) is 0 Å². The maximum atomic E-state index is 12.0. The largest absolute Gasteiger partial charge is 0.305 e. The van der Waals surface area contributed by atoms with E-state index in [2.05, 4.69) is 26.2 Å². The van der Waals surface area contributed by atoms with Gasteiger partial charge in [0.2, 0.25) is 0 Å². The number of nitrogens with one attached hydrogen (secondary N) is 1. The van der Waals surface area contributed by atoms with Crippen molar-refractivity contribution in [3.8, 4) is 0 Å². The highest BCUT2D eigenvalue weighted by Gasteiger charge is 2.20. The number of nitrogens with zero attached hydrogens (tertiary/aromatic N) is 1. The van der Waals surface area contributed by atoms with Gasteiger partial charge >= 0.3 is 0 Å². The number of halogens is 1. The maximum Gasteiger partial charge on any atom is 0.275 e. The van der Waals surface area contributed by atoms with Gasteiger partial charge in [0.15, 0.2) is 0 Å². The summed E-state index contributed by atoms with van der Waals surface area (Å²) in [6.07, 6.45) is 1.78. The van der Waals surface area contributed by atoms with Gasteiger partial charge in [0.1, 0.15) is 11.5 Å². The third-order valence-electron chi connectivity index (χ3n) is 3.17. The lowest BCUT2D eigenvalue weighted by Crippen LogP contribution is -2.24. The molecule has 0 saturated heterocycles. The van der Waals surface area contributed by atoms with Crippen molar-refractivity contribution >= 4 is 33.7 Å². The highest BCUT2D eigenvalue weighted by atomic mass is 79.9. The summed E-state index contributed by atoms with van der Waals surface area (Å²) in [6, 6.07) is 15.7. The lowest BCUT2D eigenvalue weighted by Gasteiger charge is -2.00. The zero-order chi connectivity index (χ0) is 14.8. The summed E-state index contributed by atoms with van der Waals surface area (Å²) >= 11 is 3.42. The molecule has 3 nitrogen and oxygen atoms in total. The quantitative estimate of drug-likeness (QED) is 0.832. The van der Waals surface area contributed by atoms with Gasteiger partial charge in [-0.1, -0.05) is 57.9 Å². The molecule has 0 spiro atoms. The standard InChI is InChI=1S/C17H13BrN2O/c1-11-5-7-13(8-6-11)16-19-15(17(21)20-16)10-12-3-2-4-14(18)9-12/h2-10H,1H3,(H,19,20,21)/b15-10-. The number of aliphatic imine (C=N–C) groups is 1. The second-order valence-electron chi connectivity index (χ2n) is 4.87. The Morgan fingerprint density at radius 1 is 1.14 bits per heavy atom. The van der Waals surface area contributed by atoms with Crippen molar-refractivity contribution in [3.63, 3.8) is 0 Å². The van der Waals surface area contributed by atoms with Gasteiger partial charge in [0.25, 0.3) is 5.91 Å². The van der Waals surface area contributed by atoms with Crippen LogP contribution in [0.1, 0.15) is 16.7 Å². The summed E-state index contributed by atoms with van der Waals surface area (Å²) in [4.78, 5) is 16.4. The monoisotopic (exact) mass is 340 g/mol. The minimum atomic E-state index is -0.175. The van der Waals surface area contributed by atoms with E-state index in [1.165, 1.54) is 5.56 Å². The normalized spacial score (nSPS) is 16.0. The lowest BCUT2D eigenvalue weighted by molar-refractivity contribution is -0.115. The van der Waals surface area contributed by atoms with Crippen LogP contribution in [0.2, 0.25) is 0 Å². The van der Waals surface area contributed by atoms with Crippen LogP contribution in [0.4, 0.5) is 0 Å². The third kappa shape index (κ3) is 3.11. The van der Waals surface area contributed by atoms with Crippen LogP contribution in [-0.4, -0.2) is 11.7 Å². The molecule has 1 aliphatic rings. The number of benzene rings is 2. The van der Waals surface area contributed by atoms with E-state index in [4.69, 9.17) is 0 Å². The number of hydrogen-bond donors (Lipinski definition) is 1. The van der Waals surface area contributed by atoms with Gasteiger partial charge in [-0.3, -0.25) is 4.79 Å². The fourth-order valence-electron chi connectivity index (χ4n) is 2.07. The van der Waals surface area contributed by atoms with Gasteiger partial charge in [-0.2, -0.15) is 0 Å². The van der Waals surface area contributed by atoms with E-state index in [1.807, 2.05) is 55.5 Å². The van der Waals surface area contributed by atoms with Gasteiger partial charge in [-0.05, 0) is 30.7 Å². The number of amides is 1. The van der Waals surface area contributed by atoms with Crippen molar-refractivity contribution in [1.82, 2.24) is 5.32 Å². The Labute approximate surface area is 131 Å². The first-order valence-corrected chi connectivity index (χ1v) is 7.35. The van der Waals surface area contributed by atoms with Crippen LogP contribution in [-0.2, 0) is 4.79 Å². The van der Waals surface area contributed by atoms with Crippen LogP contribution < -0.4 is 5.32 Å². The van der Waals surface area contributed by atoms with E-state index in [1.54, 1.807) is 6.08 Å². The van der Waals surface area contributed by atoms with Gasteiger partial charge in [-0.15, -0.1) is 0 Å². The van der Waals surface area contributed by atoms with E-state index >= 15 is 0 Å². The summed E-state index contributed by atoms with van der Waals surface area (Å²) in [5.74, 6) is 0.423. The lowest BCUT2D eigenvalue weighted by atomic mass is 10.1. The van der Waals surface area contributed by atoms with Crippen LogP contribution in [0.25, 0.3) is 6.08 Å². The van der Waals surface area contributed by atoms with Crippen molar-refractivity contribution in [2.45, 2.75) is 6.92 Å². The fraction of sp³-hybridized carbons (Fsp3) is 0.0588. The van der Waals surface area contributed by atoms with Gasteiger partial charge in [0.05, 0.1) is 0 Å². The van der Waals surface area contributed by atoms with Crippen molar-refractivity contribution in [1.29, 1.82) is 0 Å². The first-order chi connectivity index (χ1) is 10.1. The highest BCUT2D eigenvalue weighted by molar-refractivity contribution is 9.10. The van der Waals surface area contributed by atoms with E-state index in [0.29, 0.717) is 11.5 Å². The Morgan fingerprint density at radius 3 is 2.62 bits per heavy atom. The van der Waals surface area contributed by atoms with Crippen molar-refractivity contribution in [2.75, 3.05) is 0 Å². The number of carbonyl (C=O) groups excluding carboxylic acids is 1. The molecule has 0 unspecified atom stereocenters. The van der Waals surface area contributed by atoms with Crippen molar-refractivity contribution in [2.24, 2.45) is 4.99 Å². The van der Waals surface area contributed by atoms with Crippen LogP contribution in [0.3, 0.4) is 0 Å². The highest BCUT2D eigenvalue weighted by Crippen LogP contribution is 2.18. The first kappa shape index (κ1) is 13.8. The minimum absolute atomic E-state index is 0.175. The van der Waals surface area contributed by atoms with E-state index < -0.39 is 0 Å². The average molecular weight is 341 g/mol. The zero-order valence-electron chi connectivity index (χ0n) is 11.4. The molecule has 0 saturated carbocycles. The van der Waals surface area contributed by atoms with E-state index in [-0.39, 0.29) is 5.91 Å². The summed E-state index contributed by atoms with van der Waals surface area (Å²) in [6.45, 7) is 2.03. The molecule has 0 bridgehead atoms. The molecule has 3 rings (SSSR count). The Bertz CT molecular complexity index is 761. The van der Waals surface area contributed by atoms with Gasteiger partial charge in [0, 0.05) is 10.0 Å². The Balaban J connectivity index is 1.93. The predicted octanol–water partition coefficient (Wildman–Crippen LogP) is 3.68. The first-order valence-electron chi connectivity index (χ1n) is 6.56. The number of carbonyl (C=O) groups is 1. The molecule has 1 aliphatic heterocycles. The predicted molar refractivity (Wildman–Crippen MR) is 88.0 cm³/mol. The number of amidine groups is 1. The molecule has 2 aromatic rings. The van der Waals surface area contributed by atoms with E-state index in [0.717, 1.165) is 15.6 Å². The second-order valence-corrected chi connectivity index (χ2v) is 5.78. The Morgan fingerprint density at radius 2 is 1.90 bits per heavy atom. The van der Waals surface area contributed by atoms with Crippen LogP contribution in [0, 0.1) is 6.92 Å². The summed E-state index contributed by atoms with van der Waals surface area (Å²) in [5, 5.41) is 2.81. The minimum Gasteiger partial charge on any atom is -0.305 e. The molecule has 0 fully saturated rings. The molecule has 104 valence electrons. The number of rotatable bonds is 2. The zero-order valence-corrected chi connectivity index (χ0v) is 13.0. The number of hydrogen-bond acceptors (Lipinski definition) is 2. The Kier molecular flexibility index (Phi) is 3.71. The van der Waals surface area contributed by atoms with Gasteiger partial charge in [-0.25, -0.2) is 4.99 Å². The summed E-state index contributed by atoms with van der Waals surface area (Å²) < 4.78 is 0.970. The smallest absolute Gasteiger partial charge is 0.275 e. The molecule has 0 radical (unpaired) electrons. The van der Waals surface area contributed by atoms with E-state index in [9.17, 15) is 4.79 Å². The molecule has 0 aromatic heterocycles. The summed E-state index contributed by atoms with van der Waals surface area (Å²) in [7, 11) is 0. The second kappa shape index (κ2) is 5.66. The number of aryl methyl sites for hydroxylation is 1. The molecular formula is C17H13BrN2O. The van der Waals surface area contributed by atoms with Crippen molar-refractivity contribution < 1.29 is 4.79 Å². The molecule has 0 atom stereocenters. The topological polar surface area (TPSA) is 41.5 Å². The Hall–Kier alpha value is -2.20. The molecule has 1 amide bonds. The van der Waals surface area contributed by atoms with Gasteiger partial charge < -0.3 is 5.32 Å².